The van der Waals surface area contributed by atoms with E-state index in [1.54, 1.807) is 25.2 Å². The van der Waals surface area contributed by atoms with Crippen LogP contribution in [0.2, 0.25) is 0 Å². The van der Waals surface area contributed by atoms with Crippen LogP contribution in [0.5, 0.6) is 0 Å². The van der Waals surface area contributed by atoms with Crippen LogP contribution in [0.3, 0.4) is 0 Å². The maximum atomic E-state index is 13.8. The number of aromatic nitrogens is 2. The molecule has 0 bridgehead atoms. The number of aryl methyl sites for hydroxylation is 1. The number of amides is 2. The lowest BCUT2D eigenvalue weighted by atomic mass is 10.1. The number of pyridine rings is 1. The summed E-state index contributed by atoms with van der Waals surface area (Å²) in [5.41, 5.74) is 2.82. The van der Waals surface area contributed by atoms with Gasteiger partial charge >= 0.3 is 0 Å². The molecule has 0 saturated carbocycles. The summed E-state index contributed by atoms with van der Waals surface area (Å²) in [6.45, 7) is 8.70. The maximum Gasteiger partial charge on any atom is 0.279 e. The van der Waals surface area contributed by atoms with Crippen LogP contribution in [0.1, 0.15) is 58.0 Å². The van der Waals surface area contributed by atoms with Crippen LogP contribution in [0, 0.1) is 12.8 Å². The number of anilines is 1. The fourth-order valence-corrected chi connectivity index (χ4v) is 5.60. The largest absolute Gasteiger partial charge is 0.366 e. The fraction of sp³-hybridized carbons (Fsp3) is 0.500. The number of carbonyl (C=O) groups is 2. The SMILES string of the molecule is Cc1cc2cccnc2n1Cc1sc(N(C)CCC(C)C)c(C(=O)N(C)C)c1C(=O)N1CCCO1. The topological polar surface area (TPSA) is 70.9 Å². The smallest absolute Gasteiger partial charge is 0.279 e. The summed E-state index contributed by atoms with van der Waals surface area (Å²) >= 11 is 1.52. The highest BCUT2D eigenvalue weighted by molar-refractivity contribution is 7.17. The fourth-order valence-electron chi connectivity index (χ4n) is 4.34. The Morgan fingerprint density at radius 2 is 2.00 bits per heavy atom. The van der Waals surface area contributed by atoms with Crippen molar-refractivity contribution in [1.82, 2.24) is 19.5 Å². The van der Waals surface area contributed by atoms with Crippen LogP contribution >= 0.6 is 11.3 Å². The van der Waals surface area contributed by atoms with Gasteiger partial charge in [-0.15, -0.1) is 11.3 Å². The van der Waals surface area contributed by atoms with Crippen molar-refractivity contribution in [3.63, 3.8) is 0 Å². The quantitative estimate of drug-likeness (QED) is 0.461. The lowest BCUT2D eigenvalue weighted by molar-refractivity contribution is -0.0769. The summed E-state index contributed by atoms with van der Waals surface area (Å²) in [7, 11) is 5.46. The van der Waals surface area contributed by atoms with E-state index in [0.29, 0.717) is 36.7 Å². The lowest BCUT2D eigenvalue weighted by Crippen LogP contribution is -2.32. The predicted octanol–water partition coefficient (Wildman–Crippen LogP) is 4.42. The van der Waals surface area contributed by atoms with Gasteiger partial charge in [0.25, 0.3) is 11.8 Å². The van der Waals surface area contributed by atoms with Crippen LogP contribution in [0.25, 0.3) is 11.0 Å². The molecule has 0 aromatic carbocycles. The van der Waals surface area contributed by atoms with Gasteiger partial charge in [-0.1, -0.05) is 13.8 Å². The number of thiophene rings is 1. The second kappa shape index (κ2) is 10.4. The third kappa shape index (κ3) is 5.06. The molecule has 188 valence electrons. The minimum Gasteiger partial charge on any atom is -0.366 e. The second-order valence-corrected chi connectivity index (χ2v) is 10.8. The minimum absolute atomic E-state index is 0.173. The summed E-state index contributed by atoms with van der Waals surface area (Å²) in [6.07, 6.45) is 3.56. The summed E-state index contributed by atoms with van der Waals surface area (Å²) in [5.74, 6) is 0.113. The van der Waals surface area contributed by atoms with Gasteiger partial charge in [-0.05, 0) is 43.9 Å². The molecular formula is C26H35N5O3S. The predicted molar refractivity (Wildman–Crippen MR) is 140 cm³/mol. The van der Waals surface area contributed by atoms with E-state index >= 15 is 0 Å². The number of hydroxylamine groups is 2. The average Bonchev–Trinajstić information content (AvgIpc) is 3.55. The molecule has 1 saturated heterocycles. The highest BCUT2D eigenvalue weighted by Crippen LogP contribution is 2.39. The first kappa shape index (κ1) is 25.2. The van der Waals surface area contributed by atoms with Crippen LogP contribution in [-0.4, -0.2) is 72.2 Å². The Morgan fingerprint density at radius 3 is 2.66 bits per heavy atom. The lowest BCUT2D eigenvalue weighted by Gasteiger charge is -2.22. The van der Waals surface area contributed by atoms with Crippen molar-refractivity contribution in [3.05, 3.63) is 46.1 Å². The van der Waals surface area contributed by atoms with Crippen molar-refractivity contribution in [2.24, 2.45) is 5.92 Å². The molecule has 8 nitrogen and oxygen atoms in total. The Kier molecular flexibility index (Phi) is 7.47. The zero-order valence-corrected chi connectivity index (χ0v) is 22.3. The van der Waals surface area contributed by atoms with Gasteiger partial charge in [0.2, 0.25) is 0 Å². The van der Waals surface area contributed by atoms with E-state index in [9.17, 15) is 9.59 Å². The van der Waals surface area contributed by atoms with Crippen molar-refractivity contribution in [1.29, 1.82) is 0 Å². The molecule has 0 unspecified atom stereocenters. The van der Waals surface area contributed by atoms with Gasteiger partial charge in [-0.25, -0.2) is 10.0 Å². The first-order valence-corrected chi connectivity index (χ1v) is 12.9. The molecule has 0 radical (unpaired) electrons. The molecule has 4 rings (SSSR count). The third-order valence-corrected chi connectivity index (χ3v) is 7.62. The van der Waals surface area contributed by atoms with Crippen molar-refractivity contribution >= 4 is 39.2 Å². The summed E-state index contributed by atoms with van der Waals surface area (Å²) in [6, 6.07) is 6.06. The zero-order chi connectivity index (χ0) is 25.3. The van der Waals surface area contributed by atoms with Gasteiger partial charge in [0.15, 0.2) is 0 Å². The van der Waals surface area contributed by atoms with Gasteiger partial charge in [-0.3, -0.25) is 14.4 Å². The van der Waals surface area contributed by atoms with Gasteiger partial charge in [-0.2, -0.15) is 0 Å². The molecule has 0 aliphatic carbocycles. The van der Waals surface area contributed by atoms with Crippen LogP contribution in [-0.2, 0) is 11.4 Å². The number of carbonyl (C=O) groups excluding carboxylic acids is 2. The maximum absolute atomic E-state index is 13.8. The van der Waals surface area contributed by atoms with Crippen molar-refractivity contribution in [3.8, 4) is 0 Å². The Bertz CT molecular complexity index is 1220. The van der Waals surface area contributed by atoms with E-state index in [1.165, 1.54) is 16.4 Å². The third-order valence-electron chi connectivity index (χ3n) is 6.33. The van der Waals surface area contributed by atoms with E-state index in [1.807, 2.05) is 26.1 Å². The highest BCUT2D eigenvalue weighted by atomic mass is 32.1. The monoisotopic (exact) mass is 497 g/mol. The zero-order valence-electron chi connectivity index (χ0n) is 21.5. The van der Waals surface area contributed by atoms with E-state index in [-0.39, 0.29) is 11.8 Å². The summed E-state index contributed by atoms with van der Waals surface area (Å²) in [5, 5.41) is 3.29. The van der Waals surface area contributed by atoms with Crippen LogP contribution < -0.4 is 4.90 Å². The van der Waals surface area contributed by atoms with Crippen molar-refractivity contribution in [2.75, 3.05) is 45.7 Å². The number of hydrogen-bond donors (Lipinski definition) is 0. The molecule has 1 aliphatic rings. The van der Waals surface area contributed by atoms with E-state index in [4.69, 9.17) is 4.84 Å². The van der Waals surface area contributed by atoms with Crippen molar-refractivity contribution in [2.45, 2.75) is 40.2 Å². The van der Waals surface area contributed by atoms with Gasteiger partial charge < -0.3 is 14.4 Å². The number of nitrogens with zero attached hydrogens (tertiary/aromatic N) is 5. The Morgan fingerprint density at radius 1 is 1.23 bits per heavy atom. The Labute approximate surface area is 211 Å². The summed E-state index contributed by atoms with van der Waals surface area (Å²) in [4.78, 5) is 42.0. The molecule has 3 aromatic heterocycles. The highest BCUT2D eigenvalue weighted by Gasteiger charge is 2.34. The first-order valence-electron chi connectivity index (χ1n) is 12.1. The molecule has 0 atom stereocenters. The number of rotatable bonds is 8. The molecule has 0 spiro atoms. The number of fused-ring (bicyclic) bond motifs is 1. The van der Waals surface area contributed by atoms with Crippen LogP contribution in [0.4, 0.5) is 5.00 Å². The molecule has 4 heterocycles. The van der Waals surface area contributed by atoms with E-state index in [2.05, 4.69) is 34.4 Å². The van der Waals surface area contributed by atoms with E-state index in [0.717, 1.165) is 46.0 Å². The normalized spacial score (nSPS) is 13.7. The first-order chi connectivity index (χ1) is 16.7. The van der Waals surface area contributed by atoms with Crippen LogP contribution in [0.15, 0.2) is 24.4 Å². The van der Waals surface area contributed by atoms with E-state index < -0.39 is 0 Å². The molecule has 9 heteroatoms. The molecule has 3 aromatic rings. The van der Waals surface area contributed by atoms with Crippen molar-refractivity contribution < 1.29 is 14.4 Å². The average molecular weight is 498 g/mol. The Balaban J connectivity index is 1.87. The standard InChI is InChI=1S/C26H35N5O3S/c1-17(2)10-13-29(6)26-22(24(32)28(4)5)21(25(33)31-12-8-14-34-31)20(35-26)16-30-18(3)15-19-9-7-11-27-23(19)30/h7,9,11,15,17H,8,10,12-14,16H2,1-6H3. The Hall–Kier alpha value is -2.91. The van der Waals surface area contributed by atoms with Gasteiger partial charge in [0.1, 0.15) is 10.6 Å². The molecule has 35 heavy (non-hydrogen) atoms. The number of hydrogen-bond acceptors (Lipinski definition) is 6. The van der Waals surface area contributed by atoms with Gasteiger partial charge in [0, 0.05) is 49.8 Å². The minimum atomic E-state index is -0.246. The molecule has 0 N–H and O–H groups in total. The van der Waals surface area contributed by atoms with Gasteiger partial charge in [0.05, 0.1) is 30.8 Å². The summed E-state index contributed by atoms with van der Waals surface area (Å²) < 4.78 is 2.12. The molecule has 1 aliphatic heterocycles. The molecule has 1 fully saturated rings. The molecule has 2 amide bonds. The molecular weight excluding hydrogens is 462 g/mol. The second-order valence-electron chi connectivity index (χ2n) is 9.77.